The van der Waals surface area contributed by atoms with Crippen LogP contribution in [-0.2, 0) is 4.79 Å². The summed E-state index contributed by atoms with van der Waals surface area (Å²) >= 11 is 1.51. The molecule has 0 aliphatic carbocycles. The van der Waals surface area contributed by atoms with E-state index in [-0.39, 0.29) is 12.5 Å². The minimum atomic E-state index is -0.120. The molecule has 1 aromatic heterocycles. The highest BCUT2D eigenvalue weighted by molar-refractivity contribution is 7.22. The van der Waals surface area contributed by atoms with Gasteiger partial charge in [-0.25, -0.2) is 4.98 Å². The lowest BCUT2D eigenvalue weighted by Crippen LogP contribution is -2.39. The Kier molecular flexibility index (Phi) is 6.71. The van der Waals surface area contributed by atoms with Crippen LogP contribution in [0.2, 0.25) is 0 Å². The Morgan fingerprint density at radius 3 is 2.48 bits per heavy atom. The summed E-state index contributed by atoms with van der Waals surface area (Å²) in [6.45, 7) is 5.22. The molecule has 0 N–H and O–H groups in total. The first-order valence-corrected chi connectivity index (χ1v) is 10.3. The number of fused-ring (bicyclic) bond motifs is 1. The Bertz CT molecular complexity index is 1000. The Labute approximate surface area is 175 Å². The van der Waals surface area contributed by atoms with Crippen molar-refractivity contribution in [3.05, 3.63) is 47.5 Å². The Hall–Kier alpha value is -2.64. The van der Waals surface area contributed by atoms with Crippen molar-refractivity contribution >= 4 is 32.6 Å². The normalized spacial score (nSPS) is 11.1. The molecule has 6 nitrogen and oxygen atoms in total. The van der Waals surface area contributed by atoms with Crippen LogP contribution in [-0.4, -0.2) is 56.7 Å². The van der Waals surface area contributed by atoms with Crippen molar-refractivity contribution in [1.29, 1.82) is 0 Å². The molecule has 29 heavy (non-hydrogen) atoms. The largest absolute Gasteiger partial charge is 0.494 e. The zero-order chi connectivity index (χ0) is 21.0. The fourth-order valence-corrected chi connectivity index (χ4v) is 4.04. The number of carbonyl (C=O) groups excluding carboxylic acids is 1. The number of benzene rings is 2. The summed E-state index contributed by atoms with van der Waals surface area (Å²) in [6.07, 6.45) is 0. The average molecular weight is 414 g/mol. The highest BCUT2D eigenvalue weighted by Gasteiger charge is 2.22. The highest BCUT2D eigenvalue weighted by Crippen LogP contribution is 2.36. The molecule has 3 rings (SSSR count). The Morgan fingerprint density at radius 2 is 1.79 bits per heavy atom. The van der Waals surface area contributed by atoms with Gasteiger partial charge >= 0.3 is 0 Å². The van der Waals surface area contributed by atoms with Gasteiger partial charge < -0.3 is 14.4 Å². The molecule has 2 aromatic carbocycles. The van der Waals surface area contributed by atoms with E-state index in [9.17, 15) is 4.79 Å². The van der Waals surface area contributed by atoms with Crippen molar-refractivity contribution in [2.45, 2.75) is 13.8 Å². The lowest BCUT2D eigenvalue weighted by molar-refractivity contribution is -0.120. The molecule has 1 amide bonds. The number of para-hydroxylation sites is 1. The fourth-order valence-electron chi connectivity index (χ4n) is 2.94. The summed E-state index contributed by atoms with van der Waals surface area (Å²) in [5.41, 5.74) is 2.90. The number of aromatic nitrogens is 1. The summed E-state index contributed by atoms with van der Waals surface area (Å²) in [5, 5.41) is 0.660. The van der Waals surface area contributed by atoms with E-state index in [4.69, 9.17) is 14.5 Å². The number of thiazole rings is 1. The first-order valence-electron chi connectivity index (χ1n) is 9.48. The topological polar surface area (TPSA) is 54.9 Å². The second-order valence-electron chi connectivity index (χ2n) is 7.16. The summed E-state index contributed by atoms with van der Waals surface area (Å²) < 4.78 is 12.3. The minimum Gasteiger partial charge on any atom is -0.494 e. The van der Waals surface area contributed by atoms with Crippen LogP contribution in [0, 0.1) is 13.8 Å². The molecule has 3 aromatic rings. The maximum absolute atomic E-state index is 13.1. The van der Waals surface area contributed by atoms with E-state index in [1.807, 2.05) is 69.2 Å². The van der Waals surface area contributed by atoms with E-state index in [1.165, 1.54) is 11.3 Å². The van der Waals surface area contributed by atoms with Gasteiger partial charge in [0.2, 0.25) is 0 Å². The molecular formula is C22H27N3O3S. The standard InChI is InChI=1S/C22H27N3O3S/c1-15-8-6-7-9-17(15)28-14-19(26)25(13-12-24(3)4)22-23-20-18(27-5)11-10-16(2)21(20)29-22/h6-11H,12-14H2,1-5H3. The van der Waals surface area contributed by atoms with E-state index in [0.29, 0.717) is 17.4 Å². The van der Waals surface area contributed by atoms with Gasteiger partial charge in [-0.3, -0.25) is 9.69 Å². The van der Waals surface area contributed by atoms with Crippen molar-refractivity contribution < 1.29 is 14.3 Å². The van der Waals surface area contributed by atoms with Crippen LogP contribution in [0.3, 0.4) is 0 Å². The van der Waals surface area contributed by atoms with E-state index < -0.39 is 0 Å². The molecule has 0 fully saturated rings. The van der Waals surface area contributed by atoms with Crippen LogP contribution in [0.1, 0.15) is 11.1 Å². The lowest BCUT2D eigenvalue weighted by Gasteiger charge is -2.22. The third-order valence-electron chi connectivity index (χ3n) is 4.66. The number of hydrogen-bond donors (Lipinski definition) is 0. The van der Waals surface area contributed by atoms with Gasteiger partial charge in [-0.2, -0.15) is 0 Å². The summed E-state index contributed by atoms with van der Waals surface area (Å²) in [7, 11) is 5.60. The van der Waals surface area contributed by atoms with Crippen molar-refractivity contribution in [3.63, 3.8) is 0 Å². The number of ether oxygens (including phenoxy) is 2. The second kappa shape index (κ2) is 9.24. The predicted octanol–water partition coefficient (Wildman–Crippen LogP) is 3.90. The van der Waals surface area contributed by atoms with Gasteiger partial charge in [-0.05, 0) is 51.2 Å². The van der Waals surface area contributed by atoms with Crippen molar-refractivity contribution in [1.82, 2.24) is 9.88 Å². The van der Waals surface area contributed by atoms with Crippen LogP contribution < -0.4 is 14.4 Å². The number of likely N-dealkylation sites (N-methyl/N-ethyl adjacent to an activating group) is 1. The molecule has 0 saturated heterocycles. The molecule has 0 unspecified atom stereocenters. The van der Waals surface area contributed by atoms with Crippen LogP contribution in [0.5, 0.6) is 11.5 Å². The molecule has 0 spiro atoms. The number of nitrogens with zero attached hydrogens (tertiary/aromatic N) is 3. The molecule has 7 heteroatoms. The van der Waals surface area contributed by atoms with E-state index in [0.717, 1.165) is 33.6 Å². The first-order chi connectivity index (χ1) is 13.9. The van der Waals surface area contributed by atoms with Crippen molar-refractivity contribution in [3.8, 4) is 11.5 Å². The minimum absolute atomic E-state index is 0.0374. The smallest absolute Gasteiger partial charge is 0.266 e. The molecular weight excluding hydrogens is 386 g/mol. The number of anilines is 1. The van der Waals surface area contributed by atoms with E-state index in [2.05, 4.69) is 0 Å². The molecule has 0 radical (unpaired) electrons. The number of amides is 1. The average Bonchev–Trinajstić information content (AvgIpc) is 3.13. The Morgan fingerprint density at radius 1 is 1.03 bits per heavy atom. The number of methoxy groups -OCH3 is 1. The Balaban J connectivity index is 1.88. The molecule has 0 bridgehead atoms. The number of carbonyl (C=O) groups is 1. The molecule has 0 aliphatic heterocycles. The number of hydrogen-bond acceptors (Lipinski definition) is 6. The van der Waals surface area contributed by atoms with Crippen LogP contribution in [0.25, 0.3) is 10.2 Å². The monoisotopic (exact) mass is 413 g/mol. The molecule has 1 heterocycles. The zero-order valence-electron chi connectivity index (χ0n) is 17.6. The highest BCUT2D eigenvalue weighted by atomic mass is 32.1. The van der Waals surface area contributed by atoms with Crippen molar-refractivity contribution in [2.75, 3.05) is 45.8 Å². The van der Waals surface area contributed by atoms with Crippen LogP contribution in [0.15, 0.2) is 36.4 Å². The molecule has 154 valence electrons. The SMILES string of the molecule is COc1ccc(C)c2sc(N(CCN(C)C)C(=O)COc3ccccc3C)nc12. The second-order valence-corrected chi connectivity index (χ2v) is 8.14. The number of aryl methyl sites for hydroxylation is 2. The maximum atomic E-state index is 13.1. The van der Waals surface area contributed by atoms with Gasteiger partial charge in [0.05, 0.1) is 11.8 Å². The molecule has 0 saturated carbocycles. The maximum Gasteiger partial charge on any atom is 0.266 e. The van der Waals surface area contributed by atoms with Crippen molar-refractivity contribution in [2.24, 2.45) is 0 Å². The molecule has 0 aliphatic rings. The van der Waals surface area contributed by atoms with Gasteiger partial charge in [0.1, 0.15) is 17.0 Å². The van der Waals surface area contributed by atoms with E-state index >= 15 is 0 Å². The van der Waals surface area contributed by atoms with Crippen LogP contribution >= 0.6 is 11.3 Å². The summed E-state index contributed by atoms with van der Waals surface area (Å²) in [6, 6.07) is 11.6. The third-order valence-corrected chi connectivity index (χ3v) is 5.87. The number of rotatable bonds is 8. The third kappa shape index (κ3) is 4.86. The van der Waals surface area contributed by atoms with Gasteiger partial charge in [-0.15, -0.1) is 0 Å². The summed E-state index contributed by atoms with van der Waals surface area (Å²) in [4.78, 5) is 21.6. The van der Waals surface area contributed by atoms with Gasteiger partial charge in [0, 0.05) is 13.1 Å². The quantitative estimate of drug-likeness (QED) is 0.561. The predicted molar refractivity (Wildman–Crippen MR) is 118 cm³/mol. The van der Waals surface area contributed by atoms with Crippen LogP contribution in [0.4, 0.5) is 5.13 Å². The fraction of sp³-hybridized carbons (Fsp3) is 0.364. The van der Waals surface area contributed by atoms with Gasteiger partial charge in [-0.1, -0.05) is 35.6 Å². The van der Waals surface area contributed by atoms with E-state index in [1.54, 1.807) is 12.0 Å². The lowest BCUT2D eigenvalue weighted by atomic mass is 10.2. The van der Waals surface area contributed by atoms with Gasteiger partial charge in [0.25, 0.3) is 5.91 Å². The zero-order valence-corrected chi connectivity index (χ0v) is 18.4. The molecule has 0 atom stereocenters. The van der Waals surface area contributed by atoms with Gasteiger partial charge in [0.15, 0.2) is 11.7 Å². The summed E-state index contributed by atoms with van der Waals surface area (Å²) in [5.74, 6) is 1.31. The first kappa shape index (κ1) is 21.1.